The van der Waals surface area contributed by atoms with Crippen molar-refractivity contribution in [3.63, 3.8) is 0 Å². The van der Waals surface area contributed by atoms with Crippen LogP contribution in [0.15, 0.2) is 48.5 Å². The molecular formula is C19H21N3O2. The molecule has 2 aromatic rings. The Morgan fingerprint density at radius 3 is 2.50 bits per heavy atom. The summed E-state index contributed by atoms with van der Waals surface area (Å²) in [6.07, 6.45) is 1.38. The van der Waals surface area contributed by atoms with Crippen LogP contribution in [0.1, 0.15) is 18.9 Å². The minimum Gasteiger partial charge on any atom is -0.385 e. The summed E-state index contributed by atoms with van der Waals surface area (Å²) >= 11 is 0. The Morgan fingerprint density at radius 1 is 1.04 bits per heavy atom. The van der Waals surface area contributed by atoms with E-state index in [1.54, 1.807) is 0 Å². The molecule has 0 aromatic heterocycles. The van der Waals surface area contributed by atoms with Gasteiger partial charge < -0.3 is 15.5 Å². The molecular weight excluding hydrogens is 302 g/mol. The number of para-hydroxylation sites is 1. The lowest BCUT2D eigenvalue weighted by molar-refractivity contribution is -0.118. The van der Waals surface area contributed by atoms with Gasteiger partial charge in [0.1, 0.15) is 0 Å². The second-order valence-electron chi connectivity index (χ2n) is 5.86. The number of fused-ring (bicyclic) bond motifs is 1. The fourth-order valence-electron chi connectivity index (χ4n) is 2.92. The summed E-state index contributed by atoms with van der Waals surface area (Å²) in [7, 11) is 0. The predicted molar refractivity (Wildman–Crippen MR) is 96.4 cm³/mol. The minimum absolute atomic E-state index is 0.0906. The number of hydrogen-bond acceptors (Lipinski definition) is 3. The fraction of sp³-hybridized carbons (Fsp3) is 0.263. The van der Waals surface area contributed by atoms with Crippen LogP contribution in [0.25, 0.3) is 0 Å². The van der Waals surface area contributed by atoms with Crippen LogP contribution in [0, 0.1) is 0 Å². The van der Waals surface area contributed by atoms with Gasteiger partial charge in [-0.2, -0.15) is 0 Å². The molecule has 5 heteroatoms. The average molecular weight is 323 g/mol. The van der Waals surface area contributed by atoms with Gasteiger partial charge in [-0.3, -0.25) is 9.59 Å². The van der Waals surface area contributed by atoms with Crippen LogP contribution in [-0.2, 0) is 16.0 Å². The number of nitrogens with one attached hydrogen (secondary N) is 2. The molecule has 0 saturated heterocycles. The molecule has 0 fully saturated rings. The Hall–Kier alpha value is -2.82. The Morgan fingerprint density at radius 2 is 1.75 bits per heavy atom. The van der Waals surface area contributed by atoms with Gasteiger partial charge in [-0.25, -0.2) is 0 Å². The molecule has 0 aliphatic carbocycles. The molecule has 24 heavy (non-hydrogen) atoms. The molecule has 2 amide bonds. The second-order valence-corrected chi connectivity index (χ2v) is 5.86. The molecule has 0 radical (unpaired) electrons. The zero-order chi connectivity index (χ0) is 16.9. The molecule has 1 heterocycles. The van der Waals surface area contributed by atoms with E-state index in [9.17, 15) is 9.59 Å². The summed E-state index contributed by atoms with van der Waals surface area (Å²) in [4.78, 5) is 25.3. The monoisotopic (exact) mass is 323 g/mol. The lowest BCUT2D eigenvalue weighted by Crippen LogP contribution is -2.30. The van der Waals surface area contributed by atoms with Crippen molar-refractivity contribution < 1.29 is 9.59 Å². The third-order valence-electron chi connectivity index (χ3n) is 4.06. The number of hydrogen-bond donors (Lipinski definition) is 2. The first-order valence-corrected chi connectivity index (χ1v) is 8.13. The van der Waals surface area contributed by atoms with Crippen molar-refractivity contribution in [3.8, 4) is 0 Å². The van der Waals surface area contributed by atoms with Crippen molar-refractivity contribution in [3.05, 3.63) is 54.1 Å². The Balaban J connectivity index is 1.50. The van der Waals surface area contributed by atoms with Crippen LogP contribution in [-0.4, -0.2) is 24.9 Å². The standard InChI is InChI=1S/C19H21N3O2/c1-14(23)21-17-8-6-16(7-9-17)20-12-10-19(24)22-13-11-15-4-2-3-5-18(15)22/h2-9,20H,10-13H2,1H3,(H,21,23). The third-order valence-corrected chi connectivity index (χ3v) is 4.06. The van der Waals surface area contributed by atoms with Gasteiger partial charge in [0.15, 0.2) is 0 Å². The van der Waals surface area contributed by atoms with Gasteiger partial charge in [-0.15, -0.1) is 0 Å². The highest BCUT2D eigenvalue weighted by atomic mass is 16.2. The van der Waals surface area contributed by atoms with E-state index in [4.69, 9.17) is 0 Å². The molecule has 0 bridgehead atoms. The second kappa shape index (κ2) is 7.17. The number of carbonyl (C=O) groups excluding carboxylic acids is 2. The van der Waals surface area contributed by atoms with Crippen LogP contribution in [0.3, 0.4) is 0 Å². The molecule has 124 valence electrons. The third kappa shape index (κ3) is 3.74. The normalized spacial score (nSPS) is 12.6. The highest BCUT2D eigenvalue weighted by Crippen LogP contribution is 2.27. The Labute approximate surface area is 141 Å². The molecule has 0 spiro atoms. The topological polar surface area (TPSA) is 61.4 Å². The van der Waals surface area contributed by atoms with Crippen LogP contribution >= 0.6 is 0 Å². The van der Waals surface area contributed by atoms with Gasteiger partial charge in [-0.1, -0.05) is 18.2 Å². The highest BCUT2D eigenvalue weighted by molar-refractivity contribution is 5.95. The van der Waals surface area contributed by atoms with E-state index < -0.39 is 0 Å². The van der Waals surface area contributed by atoms with E-state index in [0.29, 0.717) is 13.0 Å². The maximum Gasteiger partial charge on any atom is 0.228 e. The maximum atomic E-state index is 12.4. The number of nitrogens with zero attached hydrogens (tertiary/aromatic N) is 1. The quantitative estimate of drug-likeness (QED) is 0.889. The lowest BCUT2D eigenvalue weighted by Gasteiger charge is -2.17. The first kappa shape index (κ1) is 16.1. The summed E-state index contributed by atoms with van der Waals surface area (Å²) in [5.41, 5.74) is 3.98. The van der Waals surface area contributed by atoms with Gasteiger partial charge in [0, 0.05) is 43.5 Å². The smallest absolute Gasteiger partial charge is 0.228 e. The number of carbonyl (C=O) groups is 2. The van der Waals surface area contributed by atoms with E-state index in [2.05, 4.69) is 16.7 Å². The lowest BCUT2D eigenvalue weighted by atomic mass is 10.2. The number of anilines is 3. The van der Waals surface area contributed by atoms with E-state index in [1.165, 1.54) is 12.5 Å². The minimum atomic E-state index is -0.0906. The zero-order valence-corrected chi connectivity index (χ0v) is 13.7. The fourth-order valence-corrected chi connectivity index (χ4v) is 2.92. The first-order valence-electron chi connectivity index (χ1n) is 8.13. The summed E-state index contributed by atoms with van der Waals surface area (Å²) in [6.45, 7) is 2.83. The van der Waals surface area contributed by atoms with Crippen molar-refractivity contribution in [2.75, 3.05) is 28.6 Å². The van der Waals surface area contributed by atoms with E-state index >= 15 is 0 Å². The van der Waals surface area contributed by atoms with Crippen molar-refractivity contribution in [1.82, 2.24) is 0 Å². The van der Waals surface area contributed by atoms with Crippen molar-refractivity contribution in [1.29, 1.82) is 0 Å². The first-order chi connectivity index (χ1) is 11.6. The molecule has 5 nitrogen and oxygen atoms in total. The van der Waals surface area contributed by atoms with Gasteiger partial charge >= 0.3 is 0 Å². The maximum absolute atomic E-state index is 12.4. The van der Waals surface area contributed by atoms with Gasteiger partial charge in [-0.05, 0) is 42.3 Å². The van der Waals surface area contributed by atoms with E-state index in [-0.39, 0.29) is 11.8 Å². The van der Waals surface area contributed by atoms with Gasteiger partial charge in [0.25, 0.3) is 0 Å². The van der Waals surface area contributed by atoms with Crippen molar-refractivity contribution >= 4 is 28.9 Å². The molecule has 1 aliphatic heterocycles. The molecule has 2 aromatic carbocycles. The largest absolute Gasteiger partial charge is 0.385 e. The summed E-state index contributed by atoms with van der Waals surface area (Å²) in [5.74, 6) is 0.0505. The summed E-state index contributed by atoms with van der Waals surface area (Å²) < 4.78 is 0. The SMILES string of the molecule is CC(=O)Nc1ccc(NCCC(=O)N2CCc3ccccc32)cc1. The molecule has 1 aliphatic rings. The number of benzene rings is 2. The molecule has 0 atom stereocenters. The van der Waals surface area contributed by atoms with Crippen LogP contribution in [0.5, 0.6) is 0 Å². The molecule has 0 unspecified atom stereocenters. The zero-order valence-electron chi connectivity index (χ0n) is 13.7. The van der Waals surface area contributed by atoms with Crippen LogP contribution in [0.4, 0.5) is 17.1 Å². The number of amides is 2. The molecule has 3 rings (SSSR count). The van der Waals surface area contributed by atoms with Gasteiger partial charge in [0.05, 0.1) is 0 Å². The van der Waals surface area contributed by atoms with Crippen LogP contribution < -0.4 is 15.5 Å². The van der Waals surface area contributed by atoms with E-state index in [1.807, 2.05) is 47.4 Å². The Kier molecular flexibility index (Phi) is 4.79. The van der Waals surface area contributed by atoms with Crippen molar-refractivity contribution in [2.24, 2.45) is 0 Å². The summed E-state index contributed by atoms with van der Waals surface area (Å²) in [5, 5.41) is 5.97. The highest BCUT2D eigenvalue weighted by Gasteiger charge is 2.23. The summed E-state index contributed by atoms with van der Waals surface area (Å²) in [6, 6.07) is 15.5. The van der Waals surface area contributed by atoms with Crippen LogP contribution in [0.2, 0.25) is 0 Å². The number of rotatable bonds is 5. The molecule has 0 saturated carbocycles. The molecule has 2 N–H and O–H groups in total. The predicted octanol–water partition coefficient (Wildman–Crippen LogP) is 3.04. The average Bonchev–Trinajstić information content (AvgIpc) is 3.00. The Bertz CT molecular complexity index is 741. The van der Waals surface area contributed by atoms with Gasteiger partial charge in [0.2, 0.25) is 11.8 Å². The van der Waals surface area contributed by atoms with E-state index in [0.717, 1.165) is 30.0 Å². The van der Waals surface area contributed by atoms with Crippen molar-refractivity contribution in [2.45, 2.75) is 19.8 Å².